The Morgan fingerprint density at radius 2 is 2.08 bits per heavy atom. The van der Waals surface area contributed by atoms with E-state index in [1.165, 1.54) is 59.8 Å². The summed E-state index contributed by atoms with van der Waals surface area (Å²) >= 11 is 1.94. The fourth-order valence-corrected chi connectivity index (χ4v) is 5.82. The molecule has 0 bridgehead atoms. The third kappa shape index (κ3) is 2.97. The van der Waals surface area contributed by atoms with E-state index in [9.17, 15) is 0 Å². The van der Waals surface area contributed by atoms with Crippen molar-refractivity contribution in [3.05, 3.63) is 39.2 Å². The molecule has 2 saturated heterocycles. The second kappa shape index (κ2) is 6.36. The Hall–Kier alpha value is -1.46. The van der Waals surface area contributed by atoms with E-state index < -0.39 is 0 Å². The first-order valence-corrected chi connectivity index (χ1v) is 10.5. The topological polar surface area (TPSA) is 32.3 Å². The number of hydrogen-bond donors (Lipinski definition) is 0. The first-order chi connectivity index (χ1) is 12.3. The normalized spacial score (nSPS) is 26.0. The molecule has 2 aliphatic heterocycles. The SMILES string of the molecule is Cc1ccc(CN2CCC3CCN(c4cc5c(nn4)CCC5)C3C2)s1. The van der Waals surface area contributed by atoms with Gasteiger partial charge in [-0.15, -0.1) is 16.4 Å². The lowest BCUT2D eigenvalue weighted by Crippen LogP contribution is -2.48. The molecular weight excluding hydrogens is 328 g/mol. The van der Waals surface area contributed by atoms with Crippen LogP contribution in [0, 0.1) is 12.8 Å². The molecule has 2 fully saturated rings. The third-order valence-corrected chi connectivity index (χ3v) is 7.21. The Bertz CT molecular complexity index is 771. The maximum Gasteiger partial charge on any atom is 0.151 e. The number of aromatic nitrogens is 2. The van der Waals surface area contributed by atoms with Crippen molar-refractivity contribution in [2.24, 2.45) is 5.92 Å². The average Bonchev–Trinajstić information content (AvgIpc) is 3.33. The summed E-state index contributed by atoms with van der Waals surface area (Å²) in [5.41, 5.74) is 2.67. The van der Waals surface area contributed by atoms with E-state index in [2.05, 4.69) is 45.1 Å². The van der Waals surface area contributed by atoms with Crippen LogP contribution in [0.2, 0.25) is 0 Å². The van der Waals surface area contributed by atoms with E-state index in [-0.39, 0.29) is 0 Å². The van der Waals surface area contributed by atoms with Crippen LogP contribution in [0.1, 0.15) is 40.3 Å². The molecule has 0 aromatic carbocycles. The summed E-state index contributed by atoms with van der Waals surface area (Å²) in [5, 5.41) is 9.12. The van der Waals surface area contributed by atoms with Crippen molar-refractivity contribution in [1.82, 2.24) is 15.1 Å². The van der Waals surface area contributed by atoms with Gasteiger partial charge in [0.1, 0.15) is 0 Å². The highest BCUT2D eigenvalue weighted by Gasteiger charge is 2.39. The summed E-state index contributed by atoms with van der Waals surface area (Å²) in [7, 11) is 0. The van der Waals surface area contributed by atoms with Crippen molar-refractivity contribution in [3.63, 3.8) is 0 Å². The number of aryl methyl sites for hydroxylation is 3. The molecular formula is C20H26N4S. The Kier molecular flexibility index (Phi) is 4.01. The summed E-state index contributed by atoms with van der Waals surface area (Å²) in [6, 6.07) is 7.49. The van der Waals surface area contributed by atoms with Gasteiger partial charge in [-0.2, -0.15) is 5.10 Å². The number of piperidine rings is 1. The quantitative estimate of drug-likeness (QED) is 0.845. The lowest BCUT2D eigenvalue weighted by molar-refractivity contribution is 0.168. The van der Waals surface area contributed by atoms with E-state index in [1.54, 1.807) is 0 Å². The van der Waals surface area contributed by atoms with Crippen LogP contribution >= 0.6 is 11.3 Å². The zero-order valence-electron chi connectivity index (χ0n) is 14.9. The van der Waals surface area contributed by atoms with Gasteiger partial charge in [-0.25, -0.2) is 0 Å². The van der Waals surface area contributed by atoms with Gasteiger partial charge in [0.15, 0.2) is 5.82 Å². The molecule has 0 radical (unpaired) electrons. The van der Waals surface area contributed by atoms with Crippen LogP contribution in [0.4, 0.5) is 5.82 Å². The summed E-state index contributed by atoms with van der Waals surface area (Å²) < 4.78 is 0. The van der Waals surface area contributed by atoms with Gasteiger partial charge >= 0.3 is 0 Å². The maximum atomic E-state index is 4.60. The van der Waals surface area contributed by atoms with E-state index in [4.69, 9.17) is 0 Å². The lowest BCUT2D eigenvalue weighted by Gasteiger charge is -2.38. The zero-order chi connectivity index (χ0) is 16.8. The highest BCUT2D eigenvalue weighted by Crippen LogP contribution is 2.36. The van der Waals surface area contributed by atoms with Crippen LogP contribution in [0.3, 0.4) is 0 Å². The standard InChI is InChI=1S/C20H26N4S/c1-14-5-6-17(25-14)12-23-9-7-15-8-10-24(19(15)13-23)20-11-16-3-2-4-18(16)21-22-20/h5-6,11,15,19H,2-4,7-10,12-13H2,1H3. The number of hydrogen-bond acceptors (Lipinski definition) is 5. The molecule has 1 aliphatic carbocycles. The van der Waals surface area contributed by atoms with Crippen LogP contribution in [0.5, 0.6) is 0 Å². The van der Waals surface area contributed by atoms with Crippen LogP contribution < -0.4 is 4.90 Å². The molecule has 5 rings (SSSR count). The summed E-state index contributed by atoms with van der Waals surface area (Å²) in [6.45, 7) is 6.86. The number of nitrogens with zero attached hydrogens (tertiary/aromatic N) is 4. The summed E-state index contributed by atoms with van der Waals surface area (Å²) in [4.78, 5) is 8.12. The van der Waals surface area contributed by atoms with Gasteiger partial charge in [-0.05, 0) is 75.3 Å². The molecule has 5 heteroatoms. The fourth-order valence-electron chi connectivity index (χ4n) is 4.88. The Morgan fingerprint density at radius 1 is 1.16 bits per heavy atom. The molecule has 0 amide bonds. The maximum absolute atomic E-state index is 4.60. The zero-order valence-corrected chi connectivity index (χ0v) is 15.8. The number of thiophene rings is 1. The van der Waals surface area contributed by atoms with Gasteiger partial charge in [0.05, 0.1) is 5.69 Å². The van der Waals surface area contributed by atoms with Gasteiger partial charge in [0.25, 0.3) is 0 Å². The molecule has 4 nitrogen and oxygen atoms in total. The van der Waals surface area contributed by atoms with Crippen LogP contribution in [-0.4, -0.2) is 40.8 Å². The number of anilines is 1. The molecule has 3 aliphatic rings. The molecule has 2 unspecified atom stereocenters. The van der Waals surface area contributed by atoms with Gasteiger partial charge in [-0.1, -0.05) is 0 Å². The van der Waals surface area contributed by atoms with Crippen molar-refractivity contribution in [3.8, 4) is 0 Å². The van der Waals surface area contributed by atoms with Crippen molar-refractivity contribution in [1.29, 1.82) is 0 Å². The monoisotopic (exact) mass is 354 g/mol. The number of likely N-dealkylation sites (tertiary alicyclic amines) is 1. The van der Waals surface area contributed by atoms with Gasteiger partial charge in [-0.3, -0.25) is 4.90 Å². The van der Waals surface area contributed by atoms with E-state index in [0.29, 0.717) is 6.04 Å². The minimum atomic E-state index is 0.614. The Labute approximate surface area is 153 Å². The van der Waals surface area contributed by atoms with Gasteiger partial charge in [0, 0.05) is 35.4 Å². The van der Waals surface area contributed by atoms with Crippen LogP contribution in [0.15, 0.2) is 18.2 Å². The van der Waals surface area contributed by atoms with Crippen molar-refractivity contribution >= 4 is 17.2 Å². The second-order valence-corrected chi connectivity index (χ2v) is 9.25. The second-order valence-electron chi connectivity index (χ2n) is 7.87. The molecule has 132 valence electrons. The molecule has 0 spiro atoms. The minimum Gasteiger partial charge on any atom is -0.351 e. The third-order valence-electron chi connectivity index (χ3n) is 6.22. The van der Waals surface area contributed by atoms with Gasteiger partial charge < -0.3 is 4.90 Å². The fraction of sp³-hybridized carbons (Fsp3) is 0.600. The largest absolute Gasteiger partial charge is 0.351 e. The molecule has 25 heavy (non-hydrogen) atoms. The predicted molar refractivity (Wildman–Crippen MR) is 102 cm³/mol. The summed E-state index contributed by atoms with van der Waals surface area (Å²) in [5.74, 6) is 1.96. The van der Waals surface area contributed by atoms with E-state index >= 15 is 0 Å². The Balaban J connectivity index is 1.33. The molecule has 4 heterocycles. The highest BCUT2D eigenvalue weighted by molar-refractivity contribution is 7.11. The number of fused-ring (bicyclic) bond motifs is 2. The van der Waals surface area contributed by atoms with Crippen molar-refractivity contribution in [2.45, 2.75) is 51.6 Å². The average molecular weight is 355 g/mol. The van der Waals surface area contributed by atoms with Crippen molar-refractivity contribution < 1.29 is 0 Å². The molecule has 0 saturated carbocycles. The van der Waals surface area contributed by atoms with Crippen molar-refractivity contribution in [2.75, 3.05) is 24.5 Å². The van der Waals surface area contributed by atoms with Crippen LogP contribution in [-0.2, 0) is 19.4 Å². The first-order valence-electron chi connectivity index (χ1n) is 9.66. The first kappa shape index (κ1) is 15.8. The summed E-state index contributed by atoms with van der Waals surface area (Å²) in [6.07, 6.45) is 6.18. The smallest absolute Gasteiger partial charge is 0.151 e. The lowest BCUT2D eigenvalue weighted by atomic mass is 9.92. The molecule has 2 atom stereocenters. The molecule has 2 aromatic rings. The Morgan fingerprint density at radius 3 is 2.96 bits per heavy atom. The molecule has 0 N–H and O–H groups in total. The molecule has 2 aromatic heterocycles. The van der Waals surface area contributed by atoms with E-state index in [1.807, 2.05) is 11.3 Å². The minimum absolute atomic E-state index is 0.614. The predicted octanol–water partition coefficient (Wildman–Crippen LogP) is 3.44. The number of rotatable bonds is 3. The van der Waals surface area contributed by atoms with E-state index in [0.717, 1.165) is 31.2 Å². The van der Waals surface area contributed by atoms with Gasteiger partial charge in [0.2, 0.25) is 0 Å². The van der Waals surface area contributed by atoms with Crippen LogP contribution in [0.25, 0.3) is 0 Å². The highest BCUT2D eigenvalue weighted by atomic mass is 32.1.